The molecule has 1 aromatic carbocycles. The fraction of sp³-hybridized carbons (Fsp3) is 0.421. The molecule has 2 N–H and O–H groups in total. The van der Waals surface area contributed by atoms with E-state index in [0.29, 0.717) is 17.9 Å². The van der Waals surface area contributed by atoms with Crippen molar-refractivity contribution >= 4 is 12.0 Å². The van der Waals surface area contributed by atoms with Gasteiger partial charge in [-0.3, -0.25) is 15.4 Å². The van der Waals surface area contributed by atoms with Crippen molar-refractivity contribution in [2.24, 2.45) is 5.92 Å². The second kappa shape index (κ2) is 10.8. The first-order chi connectivity index (χ1) is 12.4. The number of carbonyl (C=O) groups is 2. The zero-order valence-electron chi connectivity index (χ0n) is 15.1. The van der Waals surface area contributed by atoms with Crippen LogP contribution in [0.1, 0.15) is 26.3 Å². The van der Waals surface area contributed by atoms with Crippen LogP contribution in [0.3, 0.4) is 0 Å². The molecule has 7 nitrogen and oxygen atoms in total. The molecule has 0 fully saturated rings. The number of nitrogens with one attached hydrogen (secondary N) is 2. The summed E-state index contributed by atoms with van der Waals surface area (Å²) in [6, 6.07) is 8.02. The monoisotopic (exact) mass is 357 g/mol. The van der Waals surface area contributed by atoms with Gasteiger partial charge in [0.2, 0.25) is 5.91 Å². The molecule has 2 atom stereocenters. The number of nitrogens with zero attached hydrogens (tertiary/aromatic N) is 1. The normalized spacial score (nSPS) is 12.4. The minimum absolute atomic E-state index is 0.0622. The first kappa shape index (κ1) is 21.0. The summed E-state index contributed by atoms with van der Waals surface area (Å²) in [6.45, 7) is 5.69. The molecule has 1 rings (SSSR count). The van der Waals surface area contributed by atoms with Gasteiger partial charge in [0, 0.05) is 6.04 Å². The van der Waals surface area contributed by atoms with E-state index in [1.165, 1.54) is 0 Å². The Morgan fingerprint density at radius 1 is 1.23 bits per heavy atom. The number of carbonyl (C=O) groups excluding carboxylic acids is 2. The Morgan fingerprint density at radius 2 is 1.88 bits per heavy atom. The number of nitriles is 1. The molecule has 26 heavy (non-hydrogen) atoms. The largest absolute Gasteiger partial charge is 0.492 e. The quantitative estimate of drug-likeness (QED) is 0.689. The van der Waals surface area contributed by atoms with E-state index in [-0.39, 0.29) is 18.6 Å². The van der Waals surface area contributed by atoms with Crippen LogP contribution >= 0.6 is 0 Å². The van der Waals surface area contributed by atoms with E-state index in [1.54, 1.807) is 24.3 Å². The van der Waals surface area contributed by atoms with Crippen LogP contribution in [0.5, 0.6) is 5.75 Å². The molecule has 0 aliphatic rings. The second-order valence-corrected chi connectivity index (χ2v) is 6.01. The number of alkyl carbamates (subject to hydrolysis) is 1. The van der Waals surface area contributed by atoms with Gasteiger partial charge in [-0.2, -0.15) is 5.26 Å². The average Bonchev–Trinajstić information content (AvgIpc) is 2.62. The molecule has 138 valence electrons. The molecule has 0 saturated carbocycles. The van der Waals surface area contributed by atoms with E-state index in [2.05, 4.69) is 21.3 Å². The maximum Gasteiger partial charge on any atom is 0.414 e. The van der Waals surface area contributed by atoms with Gasteiger partial charge in [-0.1, -0.05) is 19.8 Å². The number of hydrogen-bond acceptors (Lipinski definition) is 6. The van der Waals surface area contributed by atoms with Gasteiger partial charge in [-0.15, -0.1) is 6.42 Å². The summed E-state index contributed by atoms with van der Waals surface area (Å²) in [7, 11) is 0. The lowest BCUT2D eigenvalue weighted by atomic mass is 10.0. The van der Waals surface area contributed by atoms with Crippen LogP contribution in [0.2, 0.25) is 0 Å². The Labute approximate surface area is 153 Å². The number of rotatable bonds is 8. The van der Waals surface area contributed by atoms with Crippen LogP contribution in [0.15, 0.2) is 24.3 Å². The lowest BCUT2D eigenvalue weighted by Crippen LogP contribution is -2.53. The van der Waals surface area contributed by atoms with Gasteiger partial charge >= 0.3 is 6.09 Å². The molecule has 0 aliphatic heterocycles. The lowest BCUT2D eigenvalue weighted by molar-refractivity contribution is -0.123. The van der Waals surface area contributed by atoms with Gasteiger partial charge < -0.3 is 9.47 Å². The zero-order chi connectivity index (χ0) is 19.5. The Hall–Kier alpha value is -3.03. The highest BCUT2D eigenvalue weighted by Crippen LogP contribution is 2.12. The number of hydrogen-bond donors (Lipinski definition) is 2. The van der Waals surface area contributed by atoms with E-state index in [9.17, 15) is 9.59 Å². The number of ether oxygens (including phenoxy) is 2. The van der Waals surface area contributed by atoms with Crippen LogP contribution < -0.4 is 15.4 Å². The number of terminal acetylenes is 1. The van der Waals surface area contributed by atoms with Gasteiger partial charge in [0.15, 0.2) is 6.61 Å². The van der Waals surface area contributed by atoms with Crippen molar-refractivity contribution in [1.82, 2.24) is 10.6 Å². The van der Waals surface area contributed by atoms with Crippen LogP contribution in [0.4, 0.5) is 4.79 Å². The molecule has 7 heteroatoms. The van der Waals surface area contributed by atoms with Crippen LogP contribution in [-0.4, -0.2) is 37.3 Å². The van der Waals surface area contributed by atoms with Crippen LogP contribution in [-0.2, 0) is 9.53 Å². The highest BCUT2D eigenvalue weighted by Gasteiger charge is 2.25. The van der Waals surface area contributed by atoms with Crippen molar-refractivity contribution in [3.63, 3.8) is 0 Å². The summed E-state index contributed by atoms with van der Waals surface area (Å²) in [5, 5.41) is 14.1. The SMILES string of the molecule is C#CCOC(=O)NC(=O)[C@@H](NC(C)COc1ccc(C#N)cc1)C(C)C. The number of amides is 2. The molecule has 0 aromatic heterocycles. The topological polar surface area (TPSA) is 100 Å². The first-order valence-corrected chi connectivity index (χ1v) is 8.17. The van der Waals surface area contributed by atoms with E-state index in [0.717, 1.165) is 0 Å². The van der Waals surface area contributed by atoms with Crippen LogP contribution in [0, 0.1) is 29.6 Å². The Kier molecular flexibility index (Phi) is 8.69. The molecule has 0 saturated heterocycles. The number of imide groups is 1. The maximum atomic E-state index is 12.2. The number of benzene rings is 1. The van der Waals surface area contributed by atoms with Gasteiger partial charge in [0.25, 0.3) is 0 Å². The van der Waals surface area contributed by atoms with Crippen molar-refractivity contribution < 1.29 is 19.1 Å². The summed E-state index contributed by atoms with van der Waals surface area (Å²) < 4.78 is 10.3. The van der Waals surface area contributed by atoms with Crippen molar-refractivity contribution in [3.8, 4) is 24.2 Å². The van der Waals surface area contributed by atoms with E-state index in [4.69, 9.17) is 16.4 Å². The predicted octanol–water partition coefficient (Wildman–Crippen LogP) is 1.83. The third-order valence-electron chi connectivity index (χ3n) is 3.41. The standard InChI is InChI=1S/C19H23N3O4/c1-5-10-25-19(24)22-18(23)17(13(2)3)21-14(4)12-26-16-8-6-15(11-20)7-9-16/h1,6-9,13-14,17,21H,10,12H2,2-4H3,(H,22,23,24)/t14?,17-/m0/s1. The third-order valence-corrected chi connectivity index (χ3v) is 3.41. The predicted molar refractivity (Wildman–Crippen MR) is 96.2 cm³/mol. The van der Waals surface area contributed by atoms with Gasteiger partial charge in [0.05, 0.1) is 17.7 Å². The van der Waals surface area contributed by atoms with E-state index < -0.39 is 18.0 Å². The maximum absolute atomic E-state index is 12.2. The average molecular weight is 357 g/mol. The molecule has 0 aliphatic carbocycles. The molecular weight excluding hydrogens is 334 g/mol. The molecular formula is C19H23N3O4. The minimum Gasteiger partial charge on any atom is -0.492 e. The minimum atomic E-state index is -0.873. The summed E-state index contributed by atoms with van der Waals surface area (Å²) in [5.41, 5.74) is 0.553. The fourth-order valence-electron chi connectivity index (χ4n) is 2.09. The summed E-state index contributed by atoms with van der Waals surface area (Å²) >= 11 is 0. The van der Waals surface area contributed by atoms with E-state index >= 15 is 0 Å². The second-order valence-electron chi connectivity index (χ2n) is 6.01. The highest BCUT2D eigenvalue weighted by molar-refractivity contribution is 5.95. The fourth-order valence-corrected chi connectivity index (χ4v) is 2.09. The summed E-state index contributed by atoms with van der Waals surface area (Å²) in [4.78, 5) is 23.7. The first-order valence-electron chi connectivity index (χ1n) is 8.17. The summed E-state index contributed by atoms with van der Waals surface area (Å²) in [5.74, 6) is 2.22. The zero-order valence-corrected chi connectivity index (χ0v) is 15.1. The molecule has 0 spiro atoms. The van der Waals surface area contributed by atoms with Gasteiger partial charge in [0.1, 0.15) is 12.4 Å². The molecule has 1 aromatic rings. The Morgan fingerprint density at radius 3 is 2.42 bits per heavy atom. The van der Waals surface area contributed by atoms with E-state index in [1.807, 2.05) is 26.8 Å². The van der Waals surface area contributed by atoms with Gasteiger partial charge in [-0.25, -0.2) is 4.79 Å². The molecule has 2 amide bonds. The smallest absolute Gasteiger partial charge is 0.414 e. The highest BCUT2D eigenvalue weighted by atomic mass is 16.5. The van der Waals surface area contributed by atoms with Crippen molar-refractivity contribution in [2.75, 3.05) is 13.2 Å². The Balaban J connectivity index is 2.54. The summed E-state index contributed by atoms with van der Waals surface area (Å²) in [6.07, 6.45) is 4.12. The Bertz CT molecular complexity index is 686. The van der Waals surface area contributed by atoms with Crippen molar-refractivity contribution in [3.05, 3.63) is 29.8 Å². The van der Waals surface area contributed by atoms with Crippen molar-refractivity contribution in [1.29, 1.82) is 5.26 Å². The lowest BCUT2D eigenvalue weighted by Gasteiger charge is -2.25. The van der Waals surface area contributed by atoms with Crippen LogP contribution in [0.25, 0.3) is 0 Å². The van der Waals surface area contributed by atoms with Gasteiger partial charge in [-0.05, 0) is 37.1 Å². The third kappa shape index (κ3) is 7.25. The molecule has 1 unspecified atom stereocenters. The van der Waals surface area contributed by atoms with Crippen molar-refractivity contribution in [2.45, 2.75) is 32.9 Å². The molecule has 0 radical (unpaired) electrons. The molecule has 0 bridgehead atoms. The molecule has 0 heterocycles.